The quantitative estimate of drug-likeness (QED) is 0.185. The third-order valence-corrected chi connectivity index (χ3v) is 3.74. The van der Waals surface area contributed by atoms with Gasteiger partial charge in [0.1, 0.15) is 0 Å². The summed E-state index contributed by atoms with van der Waals surface area (Å²) in [5, 5.41) is 0. The smallest absolute Gasteiger partial charge is 0.0704 e. The maximum absolute atomic E-state index is 5.55. The van der Waals surface area contributed by atoms with Crippen molar-refractivity contribution in [2.45, 2.75) is 45.4 Å². The van der Waals surface area contributed by atoms with Crippen molar-refractivity contribution in [1.82, 2.24) is 0 Å². The molecule has 0 aliphatic carbocycles. The zero-order valence-corrected chi connectivity index (χ0v) is 17.5. The first-order chi connectivity index (χ1) is 13.4. The molecule has 0 unspecified atom stereocenters. The largest absolute Gasteiger partial charge is 0.379 e. The van der Waals surface area contributed by atoms with Crippen LogP contribution in [0.3, 0.4) is 0 Å². The fourth-order valence-corrected chi connectivity index (χ4v) is 2.25. The van der Waals surface area contributed by atoms with Crippen LogP contribution in [0.5, 0.6) is 0 Å². The molecule has 0 bridgehead atoms. The van der Waals surface area contributed by atoms with Gasteiger partial charge in [-0.25, -0.2) is 0 Å². The lowest BCUT2D eigenvalue weighted by molar-refractivity contribution is -0.0158. The summed E-state index contributed by atoms with van der Waals surface area (Å²) >= 11 is 0. The molecule has 0 heterocycles. The number of ether oxygens (including phenoxy) is 6. The van der Waals surface area contributed by atoms with Gasteiger partial charge >= 0.3 is 0 Å². The molecule has 0 radical (unpaired) electrons. The molecule has 0 N–H and O–H groups in total. The van der Waals surface area contributed by atoms with Crippen LogP contribution in [0.15, 0.2) is 12.7 Å². The predicted octanol–water partition coefficient (Wildman–Crippen LogP) is 3.63. The Balaban J connectivity index is 2.96. The predicted molar refractivity (Wildman–Crippen MR) is 108 cm³/mol. The van der Waals surface area contributed by atoms with E-state index in [1.165, 1.54) is 32.1 Å². The maximum Gasteiger partial charge on any atom is 0.0704 e. The lowest BCUT2D eigenvalue weighted by Crippen LogP contribution is -2.14. The second kappa shape index (κ2) is 25.5. The van der Waals surface area contributed by atoms with Gasteiger partial charge in [0.15, 0.2) is 0 Å². The highest BCUT2D eigenvalue weighted by Crippen LogP contribution is 2.04. The number of hydrogen-bond acceptors (Lipinski definition) is 6. The fraction of sp³-hybridized carbons (Fsp3) is 0.905. The lowest BCUT2D eigenvalue weighted by Gasteiger charge is -2.08. The number of hydrogen-bond donors (Lipinski definition) is 0. The summed E-state index contributed by atoms with van der Waals surface area (Å²) in [7, 11) is 0. The zero-order chi connectivity index (χ0) is 19.7. The van der Waals surface area contributed by atoms with Gasteiger partial charge in [-0.2, -0.15) is 0 Å². The molecule has 0 aliphatic rings. The Labute approximate surface area is 166 Å². The molecule has 0 amide bonds. The Kier molecular flexibility index (Phi) is 25.0. The Morgan fingerprint density at radius 1 is 0.481 bits per heavy atom. The van der Waals surface area contributed by atoms with E-state index in [1.807, 2.05) is 0 Å². The van der Waals surface area contributed by atoms with Gasteiger partial charge < -0.3 is 28.4 Å². The van der Waals surface area contributed by atoms with Crippen molar-refractivity contribution in [3.63, 3.8) is 0 Å². The van der Waals surface area contributed by atoms with Crippen LogP contribution < -0.4 is 0 Å². The molecule has 0 saturated carbocycles. The van der Waals surface area contributed by atoms with Crippen molar-refractivity contribution in [3.05, 3.63) is 12.7 Å². The van der Waals surface area contributed by atoms with E-state index in [4.69, 9.17) is 28.4 Å². The van der Waals surface area contributed by atoms with E-state index in [0.717, 1.165) is 13.0 Å². The summed E-state index contributed by atoms with van der Waals surface area (Å²) in [5.41, 5.74) is 0. The molecule has 0 saturated heterocycles. The van der Waals surface area contributed by atoms with E-state index in [1.54, 1.807) is 6.08 Å². The summed E-state index contributed by atoms with van der Waals surface area (Å²) in [5.74, 6) is 0. The van der Waals surface area contributed by atoms with E-state index in [-0.39, 0.29) is 0 Å². The standard InChI is InChI=1S/C21H42O6/c1-3-5-6-7-8-9-11-23-13-15-25-17-19-27-21-20-26-18-16-24-14-12-22-10-4-2/h4H,2-3,5-21H2,1H3. The van der Waals surface area contributed by atoms with Gasteiger partial charge in [0, 0.05) is 6.61 Å². The Morgan fingerprint density at radius 2 is 0.852 bits per heavy atom. The van der Waals surface area contributed by atoms with Crippen LogP contribution in [0.2, 0.25) is 0 Å². The fourth-order valence-electron chi connectivity index (χ4n) is 2.25. The summed E-state index contributed by atoms with van der Waals surface area (Å²) in [6.45, 7) is 13.1. The van der Waals surface area contributed by atoms with Gasteiger partial charge in [0.2, 0.25) is 0 Å². The Hall–Kier alpha value is -0.500. The average Bonchev–Trinajstić information content (AvgIpc) is 2.68. The minimum atomic E-state index is 0.563. The first kappa shape index (κ1) is 26.5. The molecule has 0 atom stereocenters. The molecule has 0 fully saturated rings. The van der Waals surface area contributed by atoms with Gasteiger partial charge in [-0.15, -0.1) is 6.58 Å². The van der Waals surface area contributed by atoms with E-state index in [0.29, 0.717) is 72.7 Å². The second-order valence-corrected chi connectivity index (χ2v) is 6.19. The molecule has 6 heteroatoms. The van der Waals surface area contributed by atoms with Crippen LogP contribution in [-0.2, 0) is 28.4 Å². The maximum atomic E-state index is 5.55. The minimum absolute atomic E-state index is 0.563. The average molecular weight is 391 g/mol. The molecule has 0 aromatic carbocycles. The van der Waals surface area contributed by atoms with Gasteiger partial charge in [-0.1, -0.05) is 45.1 Å². The van der Waals surface area contributed by atoms with Crippen molar-refractivity contribution in [2.24, 2.45) is 0 Å². The van der Waals surface area contributed by atoms with Crippen LogP contribution >= 0.6 is 0 Å². The van der Waals surface area contributed by atoms with Crippen LogP contribution in [-0.4, -0.2) is 79.3 Å². The first-order valence-electron chi connectivity index (χ1n) is 10.5. The molecule has 0 aromatic rings. The molecular formula is C21H42O6. The van der Waals surface area contributed by atoms with Gasteiger partial charge in [0.25, 0.3) is 0 Å². The topological polar surface area (TPSA) is 55.4 Å². The Bertz CT molecular complexity index is 275. The third kappa shape index (κ3) is 25.5. The molecule has 0 rings (SSSR count). The van der Waals surface area contributed by atoms with Gasteiger partial charge in [0.05, 0.1) is 72.7 Å². The summed E-state index contributed by atoms with van der Waals surface area (Å²) in [6, 6.07) is 0. The molecule has 0 spiro atoms. The number of unbranched alkanes of at least 4 members (excludes halogenated alkanes) is 5. The van der Waals surface area contributed by atoms with Gasteiger partial charge in [-0.3, -0.25) is 0 Å². The zero-order valence-electron chi connectivity index (χ0n) is 17.5. The SMILES string of the molecule is C=CCOCCOCCOCCOCCOCCOCCCCCCCC. The highest BCUT2D eigenvalue weighted by molar-refractivity contribution is 4.63. The van der Waals surface area contributed by atoms with E-state index in [9.17, 15) is 0 Å². The summed E-state index contributed by atoms with van der Waals surface area (Å²) in [6.07, 6.45) is 9.47. The van der Waals surface area contributed by atoms with Crippen molar-refractivity contribution < 1.29 is 28.4 Å². The number of rotatable bonds is 24. The summed E-state index contributed by atoms with van der Waals surface area (Å²) in [4.78, 5) is 0. The minimum Gasteiger partial charge on any atom is -0.379 e. The van der Waals surface area contributed by atoms with Crippen LogP contribution in [0.4, 0.5) is 0 Å². The van der Waals surface area contributed by atoms with Crippen molar-refractivity contribution >= 4 is 0 Å². The van der Waals surface area contributed by atoms with Crippen LogP contribution in [0, 0.1) is 0 Å². The Morgan fingerprint density at radius 3 is 1.30 bits per heavy atom. The highest BCUT2D eigenvalue weighted by atomic mass is 16.6. The molecule has 6 nitrogen and oxygen atoms in total. The van der Waals surface area contributed by atoms with Crippen molar-refractivity contribution in [2.75, 3.05) is 79.3 Å². The lowest BCUT2D eigenvalue weighted by atomic mass is 10.1. The van der Waals surface area contributed by atoms with Crippen LogP contribution in [0.1, 0.15) is 45.4 Å². The molecule has 162 valence electrons. The van der Waals surface area contributed by atoms with E-state index < -0.39 is 0 Å². The third-order valence-electron chi connectivity index (χ3n) is 3.74. The van der Waals surface area contributed by atoms with Crippen molar-refractivity contribution in [1.29, 1.82) is 0 Å². The molecule has 0 aromatic heterocycles. The monoisotopic (exact) mass is 390 g/mol. The van der Waals surface area contributed by atoms with E-state index >= 15 is 0 Å². The van der Waals surface area contributed by atoms with Crippen molar-refractivity contribution in [3.8, 4) is 0 Å². The van der Waals surface area contributed by atoms with Crippen LogP contribution in [0.25, 0.3) is 0 Å². The van der Waals surface area contributed by atoms with Gasteiger partial charge in [-0.05, 0) is 6.42 Å². The highest BCUT2D eigenvalue weighted by Gasteiger charge is 1.94. The van der Waals surface area contributed by atoms with E-state index in [2.05, 4.69) is 13.5 Å². The summed E-state index contributed by atoms with van der Waals surface area (Å²) < 4.78 is 32.4. The normalized spacial score (nSPS) is 11.1. The second-order valence-electron chi connectivity index (χ2n) is 6.19. The molecule has 27 heavy (non-hydrogen) atoms. The molecular weight excluding hydrogens is 348 g/mol. The molecule has 0 aliphatic heterocycles. The first-order valence-corrected chi connectivity index (χ1v) is 10.5.